The molecule has 3 heteroatoms. The van der Waals surface area contributed by atoms with E-state index in [0.29, 0.717) is 0 Å². The zero-order valence-electron chi connectivity index (χ0n) is 11.9. The summed E-state index contributed by atoms with van der Waals surface area (Å²) in [6.07, 6.45) is 0.943. The van der Waals surface area contributed by atoms with Crippen molar-refractivity contribution in [1.29, 1.82) is 0 Å². The van der Waals surface area contributed by atoms with Crippen LogP contribution in [-0.2, 0) is 17.7 Å². The van der Waals surface area contributed by atoms with Crippen molar-refractivity contribution in [3.8, 4) is 11.1 Å². The van der Waals surface area contributed by atoms with Gasteiger partial charge < -0.3 is 10.1 Å². The molecular formula is C17H20ClNO. The van der Waals surface area contributed by atoms with Crippen LogP contribution in [0.1, 0.15) is 11.1 Å². The topological polar surface area (TPSA) is 21.3 Å². The normalized spacial score (nSPS) is 10.8. The molecule has 0 fully saturated rings. The van der Waals surface area contributed by atoms with Crippen LogP contribution in [0.5, 0.6) is 0 Å². The average molecular weight is 290 g/mol. The summed E-state index contributed by atoms with van der Waals surface area (Å²) in [6, 6.07) is 14.8. The molecule has 0 saturated heterocycles. The van der Waals surface area contributed by atoms with Crippen LogP contribution in [0.25, 0.3) is 11.1 Å². The summed E-state index contributed by atoms with van der Waals surface area (Å²) < 4.78 is 5.09. The number of ether oxygens (including phenoxy) is 1. The van der Waals surface area contributed by atoms with Crippen LogP contribution in [-0.4, -0.2) is 20.8 Å². The fourth-order valence-electron chi connectivity index (χ4n) is 2.14. The van der Waals surface area contributed by atoms with Gasteiger partial charge in [-0.3, -0.25) is 0 Å². The zero-order valence-corrected chi connectivity index (χ0v) is 12.7. The molecule has 1 N–H and O–H groups in total. The van der Waals surface area contributed by atoms with Gasteiger partial charge in [0.1, 0.15) is 0 Å². The van der Waals surface area contributed by atoms with E-state index in [1.807, 2.05) is 13.1 Å². The largest absolute Gasteiger partial charge is 0.384 e. The third-order valence-electron chi connectivity index (χ3n) is 3.30. The fraction of sp³-hybridized carbons (Fsp3) is 0.294. The number of methoxy groups -OCH3 is 1. The van der Waals surface area contributed by atoms with Crippen molar-refractivity contribution in [1.82, 2.24) is 5.32 Å². The molecule has 0 saturated carbocycles. The lowest BCUT2D eigenvalue weighted by Gasteiger charge is -2.08. The Morgan fingerprint density at radius 1 is 1.05 bits per heavy atom. The lowest BCUT2D eigenvalue weighted by atomic mass is 10.0. The Balaban J connectivity index is 2.17. The number of benzene rings is 2. The van der Waals surface area contributed by atoms with Crippen molar-refractivity contribution < 1.29 is 4.74 Å². The van der Waals surface area contributed by atoms with Crippen LogP contribution in [0.15, 0.2) is 42.5 Å². The van der Waals surface area contributed by atoms with Gasteiger partial charge in [-0.15, -0.1) is 0 Å². The van der Waals surface area contributed by atoms with Gasteiger partial charge in [0.2, 0.25) is 0 Å². The maximum absolute atomic E-state index is 6.30. The number of hydrogen-bond donors (Lipinski definition) is 1. The van der Waals surface area contributed by atoms with Gasteiger partial charge in [0.25, 0.3) is 0 Å². The van der Waals surface area contributed by atoms with E-state index in [1.54, 1.807) is 7.11 Å². The first-order valence-electron chi connectivity index (χ1n) is 6.76. The molecule has 2 rings (SSSR count). The molecule has 0 amide bonds. The van der Waals surface area contributed by atoms with Gasteiger partial charge in [-0.1, -0.05) is 48.0 Å². The summed E-state index contributed by atoms with van der Waals surface area (Å²) in [6.45, 7) is 1.54. The second-order valence-corrected chi connectivity index (χ2v) is 5.18. The van der Waals surface area contributed by atoms with Crippen LogP contribution in [0.4, 0.5) is 0 Å². The first-order valence-corrected chi connectivity index (χ1v) is 7.13. The summed E-state index contributed by atoms with van der Waals surface area (Å²) in [5.74, 6) is 0. The molecule has 0 aliphatic heterocycles. The van der Waals surface area contributed by atoms with E-state index in [9.17, 15) is 0 Å². The highest BCUT2D eigenvalue weighted by atomic mass is 35.5. The van der Waals surface area contributed by atoms with E-state index in [-0.39, 0.29) is 0 Å². The minimum atomic E-state index is 0.754. The van der Waals surface area contributed by atoms with E-state index in [2.05, 4.69) is 41.7 Å². The van der Waals surface area contributed by atoms with Crippen molar-refractivity contribution in [3.63, 3.8) is 0 Å². The van der Waals surface area contributed by atoms with E-state index < -0.39 is 0 Å². The van der Waals surface area contributed by atoms with Gasteiger partial charge >= 0.3 is 0 Å². The number of nitrogens with one attached hydrogen (secondary N) is 1. The highest BCUT2D eigenvalue weighted by Gasteiger charge is 2.03. The SMILES string of the molecule is CNCc1ccc(-c2ccc(CCOC)cc2)cc1Cl. The predicted molar refractivity (Wildman–Crippen MR) is 85.2 cm³/mol. The molecular weight excluding hydrogens is 270 g/mol. The molecule has 0 heterocycles. The molecule has 0 aliphatic rings. The monoisotopic (exact) mass is 289 g/mol. The third-order valence-corrected chi connectivity index (χ3v) is 3.65. The lowest BCUT2D eigenvalue weighted by molar-refractivity contribution is 0.202. The summed E-state index contributed by atoms with van der Waals surface area (Å²) in [5, 5.41) is 3.92. The van der Waals surface area contributed by atoms with Gasteiger partial charge in [0.15, 0.2) is 0 Å². The lowest BCUT2D eigenvalue weighted by Crippen LogP contribution is -2.05. The van der Waals surface area contributed by atoms with Crippen LogP contribution >= 0.6 is 11.6 Å². The molecule has 0 aromatic heterocycles. The Morgan fingerprint density at radius 2 is 1.75 bits per heavy atom. The van der Waals surface area contributed by atoms with Gasteiger partial charge in [-0.25, -0.2) is 0 Å². The van der Waals surface area contributed by atoms with Crippen LogP contribution in [0.3, 0.4) is 0 Å². The molecule has 20 heavy (non-hydrogen) atoms. The molecule has 0 bridgehead atoms. The maximum Gasteiger partial charge on any atom is 0.0502 e. The number of hydrogen-bond acceptors (Lipinski definition) is 2. The molecule has 0 spiro atoms. The summed E-state index contributed by atoms with van der Waals surface area (Å²) in [5.41, 5.74) is 4.74. The first kappa shape index (κ1) is 15.0. The highest BCUT2D eigenvalue weighted by molar-refractivity contribution is 6.31. The van der Waals surface area contributed by atoms with Crippen molar-refractivity contribution in [2.24, 2.45) is 0 Å². The van der Waals surface area contributed by atoms with E-state index in [0.717, 1.165) is 35.7 Å². The van der Waals surface area contributed by atoms with Crippen molar-refractivity contribution in [2.45, 2.75) is 13.0 Å². The molecule has 106 valence electrons. The van der Waals surface area contributed by atoms with E-state index in [4.69, 9.17) is 16.3 Å². The summed E-state index contributed by atoms with van der Waals surface area (Å²) >= 11 is 6.30. The smallest absolute Gasteiger partial charge is 0.0502 e. The highest BCUT2D eigenvalue weighted by Crippen LogP contribution is 2.26. The number of rotatable bonds is 6. The Morgan fingerprint density at radius 3 is 2.35 bits per heavy atom. The molecule has 2 aromatic rings. The van der Waals surface area contributed by atoms with Crippen molar-refractivity contribution in [3.05, 3.63) is 58.6 Å². The Kier molecular flexibility index (Phi) is 5.60. The fourth-order valence-corrected chi connectivity index (χ4v) is 2.39. The van der Waals surface area contributed by atoms with Crippen molar-refractivity contribution >= 4 is 11.6 Å². The van der Waals surface area contributed by atoms with Gasteiger partial charge in [-0.2, -0.15) is 0 Å². The molecule has 0 radical (unpaired) electrons. The van der Waals surface area contributed by atoms with Gasteiger partial charge in [-0.05, 0) is 41.8 Å². The van der Waals surface area contributed by atoms with Crippen molar-refractivity contribution in [2.75, 3.05) is 20.8 Å². The summed E-state index contributed by atoms with van der Waals surface area (Å²) in [4.78, 5) is 0. The molecule has 0 aliphatic carbocycles. The standard InChI is InChI=1S/C17H20ClNO/c1-19-12-16-8-7-15(11-17(16)18)14-5-3-13(4-6-14)9-10-20-2/h3-8,11,19H,9-10,12H2,1-2H3. The Hall–Kier alpha value is -1.35. The second-order valence-electron chi connectivity index (χ2n) is 4.78. The molecule has 0 unspecified atom stereocenters. The first-order chi connectivity index (χ1) is 9.74. The van der Waals surface area contributed by atoms with E-state index >= 15 is 0 Å². The Bertz CT molecular complexity index is 551. The molecule has 2 aromatic carbocycles. The predicted octanol–water partition coefficient (Wildman–Crippen LogP) is 3.92. The van der Waals surface area contributed by atoms with Crippen LogP contribution in [0.2, 0.25) is 5.02 Å². The second kappa shape index (κ2) is 7.44. The minimum absolute atomic E-state index is 0.754. The number of halogens is 1. The third kappa shape index (κ3) is 3.83. The van der Waals surface area contributed by atoms with Crippen LogP contribution < -0.4 is 5.32 Å². The minimum Gasteiger partial charge on any atom is -0.384 e. The van der Waals surface area contributed by atoms with Gasteiger partial charge in [0.05, 0.1) is 6.61 Å². The zero-order chi connectivity index (χ0) is 14.4. The molecule has 2 nitrogen and oxygen atoms in total. The van der Waals surface area contributed by atoms with Gasteiger partial charge in [0, 0.05) is 18.7 Å². The maximum atomic E-state index is 6.30. The quantitative estimate of drug-likeness (QED) is 0.870. The van der Waals surface area contributed by atoms with Crippen LogP contribution in [0, 0.1) is 0 Å². The Labute approximate surface area is 125 Å². The average Bonchev–Trinajstić information content (AvgIpc) is 2.48. The molecule has 0 atom stereocenters. The van der Waals surface area contributed by atoms with E-state index in [1.165, 1.54) is 11.1 Å². The summed E-state index contributed by atoms with van der Waals surface area (Å²) in [7, 11) is 3.64.